The van der Waals surface area contributed by atoms with Crippen molar-refractivity contribution in [3.05, 3.63) is 64.1 Å². The zero-order valence-corrected chi connectivity index (χ0v) is 19.8. The van der Waals surface area contributed by atoms with E-state index in [9.17, 15) is 18.0 Å². The molecule has 0 aliphatic carbocycles. The predicted molar refractivity (Wildman–Crippen MR) is 124 cm³/mol. The number of hydrogen-bond donors (Lipinski definition) is 1. The normalized spacial score (nSPS) is 12.2. The van der Waals surface area contributed by atoms with Crippen molar-refractivity contribution in [1.29, 1.82) is 0 Å². The van der Waals surface area contributed by atoms with E-state index < -0.39 is 28.5 Å². The first-order valence-electron chi connectivity index (χ1n) is 9.58. The molecule has 0 saturated heterocycles. The maximum absolute atomic E-state index is 13.3. The van der Waals surface area contributed by atoms with Crippen molar-refractivity contribution in [2.24, 2.45) is 0 Å². The Morgan fingerprint density at radius 2 is 1.71 bits per heavy atom. The van der Waals surface area contributed by atoms with Gasteiger partial charge >= 0.3 is 0 Å². The van der Waals surface area contributed by atoms with Crippen molar-refractivity contribution >= 4 is 50.7 Å². The minimum absolute atomic E-state index is 0.0560. The molecule has 0 aromatic heterocycles. The van der Waals surface area contributed by atoms with Gasteiger partial charge in [-0.3, -0.25) is 13.9 Å². The van der Waals surface area contributed by atoms with Crippen molar-refractivity contribution in [2.45, 2.75) is 26.4 Å². The van der Waals surface area contributed by atoms with Crippen LogP contribution < -0.4 is 9.62 Å². The zero-order valence-electron chi connectivity index (χ0n) is 17.5. The number of rotatable bonds is 9. The summed E-state index contributed by atoms with van der Waals surface area (Å²) in [4.78, 5) is 27.1. The van der Waals surface area contributed by atoms with Gasteiger partial charge in [0, 0.05) is 13.1 Å². The van der Waals surface area contributed by atoms with E-state index >= 15 is 0 Å². The highest BCUT2D eigenvalue weighted by molar-refractivity contribution is 7.92. The van der Waals surface area contributed by atoms with E-state index in [2.05, 4.69) is 5.32 Å². The SMILES string of the molecule is CCNC(=O)C(C)N(Cc1ccc(Cl)c(Cl)c1)C(=O)CN(c1ccccc1)S(C)(=O)=O. The standard InChI is InChI=1S/C21H25Cl2N3O4S/c1-4-24-21(28)15(2)25(13-16-10-11-18(22)19(23)12-16)20(27)14-26(31(3,29)30)17-8-6-5-7-9-17/h5-12,15H,4,13-14H2,1-3H3,(H,24,28). The van der Waals surface area contributed by atoms with Crippen molar-refractivity contribution in [3.8, 4) is 0 Å². The summed E-state index contributed by atoms with van der Waals surface area (Å²) < 4.78 is 25.8. The average Bonchev–Trinajstić information content (AvgIpc) is 2.72. The van der Waals surface area contributed by atoms with Crippen LogP contribution in [-0.2, 0) is 26.2 Å². The summed E-state index contributed by atoms with van der Waals surface area (Å²) in [6.07, 6.45) is 1.03. The van der Waals surface area contributed by atoms with Crippen LogP contribution in [0.4, 0.5) is 5.69 Å². The van der Waals surface area contributed by atoms with E-state index in [1.165, 1.54) is 4.90 Å². The number of hydrogen-bond acceptors (Lipinski definition) is 4. The molecule has 1 N–H and O–H groups in total. The smallest absolute Gasteiger partial charge is 0.244 e. The van der Waals surface area contributed by atoms with Crippen LogP contribution in [0.1, 0.15) is 19.4 Å². The summed E-state index contributed by atoms with van der Waals surface area (Å²) in [5.74, 6) is -0.874. The molecule has 0 fully saturated rings. The molecule has 168 valence electrons. The van der Waals surface area contributed by atoms with E-state index in [0.717, 1.165) is 10.6 Å². The van der Waals surface area contributed by atoms with Gasteiger partial charge in [0.1, 0.15) is 12.6 Å². The molecule has 1 unspecified atom stereocenters. The minimum Gasteiger partial charge on any atom is -0.355 e. The molecule has 0 radical (unpaired) electrons. The lowest BCUT2D eigenvalue weighted by Crippen LogP contribution is -2.51. The molecule has 2 amide bonds. The molecular formula is C21H25Cl2N3O4S. The summed E-state index contributed by atoms with van der Waals surface area (Å²) in [5.41, 5.74) is 1.02. The molecule has 1 atom stereocenters. The number of anilines is 1. The second kappa shape index (κ2) is 10.8. The molecule has 0 bridgehead atoms. The number of nitrogens with one attached hydrogen (secondary N) is 1. The Bertz CT molecular complexity index is 1030. The maximum Gasteiger partial charge on any atom is 0.244 e. The number of halogens is 2. The topological polar surface area (TPSA) is 86.8 Å². The fraction of sp³-hybridized carbons (Fsp3) is 0.333. The number of carbonyl (C=O) groups excluding carboxylic acids is 2. The molecule has 0 spiro atoms. The predicted octanol–water partition coefficient (Wildman–Crippen LogP) is 3.31. The lowest BCUT2D eigenvalue weighted by atomic mass is 10.1. The molecule has 31 heavy (non-hydrogen) atoms. The molecule has 0 saturated carbocycles. The van der Waals surface area contributed by atoms with Crippen molar-refractivity contribution in [2.75, 3.05) is 23.7 Å². The monoisotopic (exact) mass is 485 g/mol. The number of sulfonamides is 1. The van der Waals surface area contributed by atoms with Crippen LogP contribution in [0.15, 0.2) is 48.5 Å². The second-order valence-electron chi connectivity index (χ2n) is 6.95. The van der Waals surface area contributed by atoms with Gasteiger partial charge in [-0.15, -0.1) is 0 Å². The Labute approximate surface area is 193 Å². The van der Waals surface area contributed by atoms with E-state index in [0.29, 0.717) is 27.8 Å². The first-order valence-corrected chi connectivity index (χ1v) is 12.2. The summed E-state index contributed by atoms with van der Waals surface area (Å²) in [5, 5.41) is 3.38. The van der Waals surface area contributed by atoms with Crippen molar-refractivity contribution in [3.63, 3.8) is 0 Å². The Balaban J connectivity index is 2.37. The van der Waals surface area contributed by atoms with Crippen LogP contribution in [0.2, 0.25) is 10.0 Å². The van der Waals surface area contributed by atoms with Gasteiger partial charge in [0.25, 0.3) is 0 Å². The lowest BCUT2D eigenvalue weighted by molar-refractivity contribution is -0.139. The van der Waals surface area contributed by atoms with E-state index in [1.807, 2.05) is 0 Å². The third-order valence-corrected chi connectivity index (χ3v) is 6.46. The van der Waals surface area contributed by atoms with Crippen LogP contribution in [0.25, 0.3) is 0 Å². The zero-order chi connectivity index (χ0) is 23.2. The third-order valence-electron chi connectivity index (χ3n) is 4.58. The number of benzene rings is 2. The molecule has 10 heteroatoms. The summed E-state index contributed by atoms with van der Waals surface area (Å²) in [6.45, 7) is 3.37. The molecular weight excluding hydrogens is 461 g/mol. The summed E-state index contributed by atoms with van der Waals surface area (Å²) in [7, 11) is -3.74. The summed E-state index contributed by atoms with van der Waals surface area (Å²) >= 11 is 12.1. The van der Waals surface area contributed by atoms with Gasteiger partial charge in [0.05, 0.1) is 22.0 Å². The van der Waals surface area contributed by atoms with Gasteiger partial charge in [-0.05, 0) is 43.7 Å². The van der Waals surface area contributed by atoms with Gasteiger partial charge in [0.2, 0.25) is 21.8 Å². The third kappa shape index (κ3) is 6.85. The fourth-order valence-corrected chi connectivity index (χ4v) is 4.12. The maximum atomic E-state index is 13.3. The van der Waals surface area contributed by atoms with Crippen LogP contribution in [-0.4, -0.2) is 50.5 Å². The molecule has 0 aliphatic heterocycles. The Morgan fingerprint density at radius 3 is 2.26 bits per heavy atom. The van der Waals surface area contributed by atoms with E-state index in [4.69, 9.17) is 23.2 Å². The molecule has 2 aromatic rings. The van der Waals surface area contributed by atoms with E-state index in [1.54, 1.807) is 62.4 Å². The fourth-order valence-electron chi connectivity index (χ4n) is 2.95. The van der Waals surface area contributed by atoms with Crippen LogP contribution in [0.5, 0.6) is 0 Å². The average molecular weight is 486 g/mol. The Kier molecular flexibility index (Phi) is 8.73. The first kappa shape index (κ1) is 25.0. The number of carbonyl (C=O) groups is 2. The van der Waals surface area contributed by atoms with Gasteiger partial charge < -0.3 is 10.2 Å². The van der Waals surface area contributed by atoms with Crippen molar-refractivity contribution in [1.82, 2.24) is 10.2 Å². The van der Waals surface area contributed by atoms with Gasteiger partial charge in [0.15, 0.2) is 0 Å². The van der Waals surface area contributed by atoms with E-state index in [-0.39, 0.29) is 12.5 Å². The largest absolute Gasteiger partial charge is 0.355 e. The molecule has 0 heterocycles. The van der Waals surface area contributed by atoms with Gasteiger partial charge in [-0.2, -0.15) is 0 Å². The highest BCUT2D eigenvalue weighted by Crippen LogP contribution is 2.24. The quantitative estimate of drug-likeness (QED) is 0.589. The molecule has 2 rings (SSSR count). The number of nitrogens with zero attached hydrogens (tertiary/aromatic N) is 2. The summed E-state index contributed by atoms with van der Waals surface area (Å²) in [6, 6.07) is 12.4. The second-order valence-corrected chi connectivity index (χ2v) is 9.67. The minimum atomic E-state index is -3.74. The number of amides is 2. The molecule has 2 aromatic carbocycles. The lowest BCUT2D eigenvalue weighted by Gasteiger charge is -2.31. The van der Waals surface area contributed by atoms with Crippen LogP contribution in [0.3, 0.4) is 0 Å². The highest BCUT2D eigenvalue weighted by Gasteiger charge is 2.29. The number of likely N-dealkylation sites (N-methyl/N-ethyl adjacent to an activating group) is 1. The molecule has 7 nitrogen and oxygen atoms in total. The highest BCUT2D eigenvalue weighted by atomic mass is 35.5. The Hall–Kier alpha value is -2.29. The van der Waals surface area contributed by atoms with Gasteiger partial charge in [-0.1, -0.05) is 47.5 Å². The van der Waals surface area contributed by atoms with Gasteiger partial charge in [-0.25, -0.2) is 8.42 Å². The molecule has 0 aliphatic rings. The first-order chi connectivity index (χ1) is 14.5. The van der Waals surface area contributed by atoms with Crippen LogP contribution in [0, 0.1) is 0 Å². The van der Waals surface area contributed by atoms with Crippen molar-refractivity contribution < 1.29 is 18.0 Å². The van der Waals surface area contributed by atoms with Crippen LogP contribution >= 0.6 is 23.2 Å². The Morgan fingerprint density at radius 1 is 1.06 bits per heavy atom. The number of para-hydroxylation sites is 1.